The highest BCUT2D eigenvalue weighted by atomic mass is 19.1. The van der Waals surface area contributed by atoms with Crippen LogP contribution in [0.2, 0.25) is 0 Å². The van der Waals surface area contributed by atoms with E-state index in [1.807, 2.05) is 45.0 Å². The van der Waals surface area contributed by atoms with E-state index < -0.39 is 17.2 Å². The zero-order valence-electron chi connectivity index (χ0n) is 22.6. The molecule has 0 N–H and O–H groups in total. The molecule has 208 valence electrons. The monoisotopic (exact) mass is 548 g/mol. The van der Waals surface area contributed by atoms with Gasteiger partial charge in [-0.25, -0.2) is 23.2 Å². The number of likely N-dealkylation sites (tertiary alicyclic amines) is 1. The van der Waals surface area contributed by atoms with E-state index in [0.717, 1.165) is 35.8 Å². The minimum atomic E-state index is -0.721. The molecule has 0 aliphatic carbocycles. The van der Waals surface area contributed by atoms with Crippen LogP contribution < -0.4 is 5.56 Å². The van der Waals surface area contributed by atoms with Crippen molar-refractivity contribution in [3.05, 3.63) is 94.1 Å². The second kappa shape index (κ2) is 11.0. The fourth-order valence-corrected chi connectivity index (χ4v) is 4.68. The molecule has 0 radical (unpaired) electrons. The summed E-state index contributed by atoms with van der Waals surface area (Å²) in [6.07, 6.45) is 2.91. The Balaban J connectivity index is 1.28. The molecule has 0 atom stereocenters. The lowest BCUT2D eigenvalue weighted by Gasteiger charge is -2.32. The minimum absolute atomic E-state index is 0.140. The summed E-state index contributed by atoms with van der Waals surface area (Å²) in [5.74, 6) is -0.0866. The van der Waals surface area contributed by atoms with Gasteiger partial charge in [-0.05, 0) is 69.5 Å². The van der Waals surface area contributed by atoms with Gasteiger partial charge in [0.25, 0.3) is 5.56 Å². The molecule has 4 aromatic rings. The maximum Gasteiger partial charge on any atom is 0.410 e. The highest BCUT2D eigenvalue weighted by molar-refractivity contribution is 5.68. The molecule has 8 nitrogen and oxygen atoms in total. The first-order valence-corrected chi connectivity index (χ1v) is 13.1. The number of oxazole rings is 1. The lowest BCUT2D eigenvalue weighted by Crippen LogP contribution is -2.41. The van der Waals surface area contributed by atoms with E-state index in [2.05, 4.69) is 10.1 Å². The lowest BCUT2D eigenvalue weighted by atomic mass is 9.95. The number of carbonyl (C=O) groups excluding carboxylic acids is 1. The number of benzene rings is 2. The van der Waals surface area contributed by atoms with Crippen molar-refractivity contribution in [1.29, 1.82) is 0 Å². The molecule has 1 aliphatic heterocycles. The topological polar surface area (TPSA) is 90.5 Å². The predicted molar refractivity (Wildman–Crippen MR) is 145 cm³/mol. The molecule has 1 amide bonds. The number of aromatic nitrogens is 3. The van der Waals surface area contributed by atoms with Crippen LogP contribution in [0.1, 0.15) is 50.9 Å². The number of carbonyl (C=O) groups is 1. The quantitative estimate of drug-likeness (QED) is 0.304. The number of ether oxygens (including phenoxy) is 1. The van der Waals surface area contributed by atoms with E-state index in [1.165, 1.54) is 28.9 Å². The van der Waals surface area contributed by atoms with E-state index in [1.54, 1.807) is 11.1 Å². The highest BCUT2D eigenvalue weighted by Gasteiger charge is 2.29. The lowest BCUT2D eigenvalue weighted by molar-refractivity contribution is 0.0200. The van der Waals surface area contributed by atoms with Gasteiger partial charge in [0.15, 0.2) is 0 Å². The second-order valence-corrected chi connectivity index (χ2v) is 10.9. The summed E-state index contributed by atoms with van der Waals surface area (Å²) in [5, 5.41) is 4.32. The molecule has 1 aliphatic rings. The fourth-order valence-electron chi connectivity index (χ4n) is 4.68. The van der Waals surface area contributed by atoms with Crippen molar-refractivity contribution in [2.45, 2.75) is 51.7 Å². The molecule has 2 aromatic carbocycles. The van der Waals surface area contributed by atoms with Gasteiger partial charge in [-0.1, -0.05) is 12.1 Å². The fraction of sp³-hybridized carbons (Fsp3) is 0.333. The van der Waals surface area contributed by atoms with Gasteiger partial charge in [-0.3, -0.25) is 4.79 Å². The molecular formula is C30H30F2N4O4. The third-order valence-electron chi connectivity index (χ3n) is 6.60. The first-order chi connectivity index (χ1) is 19.0. The molecule has 0 bridgehead atoms. The average molecular weight is 549 g/mol. The van der Waals surface area contributed by atoms with Gasteiger partial charge in [0.2, 0.25) is 5.89 Å². The van der Waals surface area contributed by atoms with Crippen LogP contribution in [-0.2, 0) is 11.3 Å². The first kappa shape index (κ1) is 27.2. The Kier molecular flexibility index (Phi) is 7.51. The predicted octanol–water partition coefficient (Wildman–Crippen LogP) is 6.01. The summed E-state index contributed by atoms with van der Waals surface area (Å²) >= 11 is 0. The zero-order chi connectivity index (χ0) is 28.4. The van der Waals surface area contributed by atoms with Crippen LogP contribution in [0.4, 0.5) is 13.6 Å². The molecule has 0 unspecified atom stereocenters. The summed E-state index contributed by atoms with van der Waals surface area (Å²) in [6, 6.07) is 13.3. The van der Waals surface area contributed by atoms with E-state index in [-0.39, 0.29) is 35.4 Å². The Morgan fingerprint density at radius 3 is 2.45 bits per heavy atom. The van der Waals surface area contributed by atoms with Crippen molar-refractivity contribution in [3.8, 4) is 22.7 Å². The van der Waals surface area contributed by atoms with Crippen molar-refractivity contribution in [3.63, 3.8) is 0 Å². The van der Waals surface area contributed by atoms with Crippen LogP contribution >= 0.6 is 0 Å². The number of amides is 1. The molecule has 2 aromatic heterocycles. The van der Waals surface area contributed by atoms with E-state index in [9.17, 15) is 18.4 Å². The number of nitrogens with zero attached hydrogens (tertiary/aromatic N) is 4. The number of hydrogen-bond acceptors (Lipinski definition) is 6. The molecular weight excluding hydrogens is 518 g/mol. The van der Waals surface area contributed by atoms with Crippen LogP contribution in [0.15, 0.2) is 70.0 Å². The van der Waals surface area contributed by atoms with Crippen molar-refractivity contribution in [1.82, 2.24) is 19.7 Å². The van der Waals surface area contributed by atoms with E-state index in [0.29, 0.717) is 19.0 Å². The number of halogens is 2. The number of piperidine rings is 1. The Bertz CT molecular complexity index is 1560. The van der Waals surface area contributed by atoms with E-state index >= 15 is 0 Å². The minimum Gasteiger partial charge on any atom is -0.444 e. The van der Waals surface area contributed by atoms with Crippen LogP contribution in [0.3, 0.4) is 0 Å². The molecule has 0 spiro atoms. The summed E-state index contributed by atoms with van der Waals surface area (Å²) in [6.45, 7) is 6.86. The van der Waals surface area contributed by atoms with Gasteiger partial charge in [0.1, 0.15) is 23.0 Å². The van der Waals surface area contributed by atoms with Gasteiger partial charge < -0.3 is 14.1 Å². The Morgan fingerprint density at radius 1 is 1.02 bits per heavy atom. The number of hydrogen-bond donors (Lipinski definition) is 0. The third-order valence-corrected chi connectivity index (χ3v) is 6.60. The van der Waals surface area contributed by atoms with Crippen LogP contribution in [0.25, 0.3) is 22.7 Å². The van der Waals surface area contributed by atoms with E-state index in [4.69, 9.17) is 9.15 Å². The molecule has 3 heterocycles. The van der Waals surface area contributed by atoms with Crippen LogP contribution in [-0.4, -0.2) is 44.4 Å². The summed E-state index contributed by atoms with van der Waals surface area (Å²) in [7, 11) is 0. The summed E-state index contributed by atoms with van der Waals surface area (Å²) in [4.78, 5) is 31.1. The van der Waals surface area contributed by atoms with Crippen molar-refractivity contribution in [2.24, 2.45) is 0 Å². The zero-order valence-corrected chi connectivity index (χ0v) is 22.6. The molecule has 1 fully saturated rings. The van der Waals surface area contributed by atoms with Crippen molar-refractivity contribution < 1.29 is 22.7 Å². The summed E-state index contributed by atoms with van der Waals surface area (Å²) in [5.41, 5.74) is 1.16. The Hall–Kier alpha value is -4.34. The van der Waals surface area contributed by atoms with Crippen molar-refractivity contribution >= 4 is 6.09 Å². The first-order valence-electron chi connectivity index (χ1n) is 13.1. The normalized spacial score (nSPS) is 14.4. The smallest absolute Gasteiger partial charge is 0.410 e. The molecule has 5 rings (SSSR count). The van der Waals surface area contributed by atoms with Gasteiger partial charge in [-0.2, -0.15) is 5.10 Å². The maximum absolute atomic E-state index is 13.7. The largest absolute Gasteiger partial charge is 0.444 e. The summed E-state index contributed by atoms with van der Waals surface area (Å²) < 4.78 is 40.2. The van der Waals surface area contributed by atoms with Gasteiger partial charge >= 0.3 is 6.09 Å². The number of rotatable bonds is 5. The van der Waals surface area contributed by atoms with Gasteiger partial charge in [0, 0.05) is 42.3 Å². The SMILES string of the molecule is CC(C)(C)OC(=O)N1CCC(c2cnc(-c3cccc(Cn4nc(-c5cc(F)cc(F)c5)ccc4=O)c3)o2)CC1. The Labute approximate surface area is 230 Å². The van der Waals surface area contributed by atoms with Crippen molar-refractivity contribution in [2.75, 3.05) is 13.1 Å². The maximum atomic E-state index is 13.7. The Morgan fingerprint density at radius 2 is 1.75 bits per heavy atom. The average Bonchev–Trinajstić information content (AvgIpc) is 3.39. The molecule has 0 saturated carbocycles. The molecule has 40 heavy (non-hydrogen) atoms. The van der Waals surface area contributed by atoms with Gasteiger partial charge in [-0.15, -0.1) is 0 Å². The van der Waals surface area contributed by atoms with Gasteiger partial charge in [0.05, 0.1) is 18.4 Å². The van der Waals surface area contributed by atoms with Crippen LogP contribution in [0.5, 0.6) is 0 Å². The highest BCUT2D eigenvalue weighted by Crippen LogP contribution is 2.32. The second-order valence-electron chi connectivity index (χ2n) is 10.9. The van der Waals surface area contributed by atoms with Crippen LogP contribution in [0, 0.1) is 11.6 Å². The molecule has 1 saturated heterocycles. The third kappa shape index (κ3) is 6.44. The molecule has 10 heteroatoms. The standard InChI is InChI=1S/C30H30F2N4O4/c1-30(2,3)40-29(38)35-11-9-20(10-12-35)26-17-33-28(39-26)21-6-4-5-19(13-21)18-36-27(37)8-7-25(34-36)22-14-23(31)16-24(32)15-22/h4-8,13-17,20H,9-12,18H2,1-3H3.